The topological polar surface area (TPSA) is 99.9 Å². The maximum Gasteiger partial charge on any atom is 0.258 e. The summed E-state index contributed by atoms with van der Waals surface area (Å²) in [5.41, 5.74) is 2.92. The Morgan fingerprint density at radius 3 is 2.76 bits per heavy atom. The van der Waals surface area contributed by atoms with Crippen LogP contribution in [-0.4, -0.2) is 39.1 Å². The van der Waals surface area contributed by atoms with Crippen LogP contribution in [0.2, 0.25) is 0 Å². The molecule has 8 nitrogen and oxygen atoms in total. The molecule has 1 aliphatic heterocycles. The number of anilines is 1. The van der Waals surface area contributed by atoms with E-state index in [0.29, 0.717) is 61.9 Å². The predicted octanol–water partition coefficient (Wildman–Crippen LogP) is 3.85. The van der Waals surface area contributed by atoms with Gasteiger partial charge in [0.2, 0.25) is 5.91 Å². The van der Waals surface area contributed by atoms with Gasteiger partial charge in [-0.2, -0.15) is 4.98 Å². The zero-order valence-corrected chi connectivity index (χ0v) is 18.3. The number of fused-ring (bicyclic) bond motifs is 1. The van der Waals surface area contributed by atoms with Crippen molar-refractivity contribution >= 4 is 22.6 Å². The van der Waals surface area contributed by atoms with Gasteiger partial charge in [0.1, 0.15) is 11.6 Å². The molecule has 0 radical (unpaired) electrons. The van der Waals surface area contributed by atoms with Crippen molar-refractivity contribution in [1.29, 1.82) is 0 Å². The number of hydrogen-bond acceptors (Lipinski definition) is 6. The number of aryl methyl sites for hydroxylation is 1. The van der Waals surface area contributed by atoms with Crippen LogP contribution >= 0.6 is 0 Å². The van der Waals surface area contributed by atoms with Crippen molar-refractivity contribution < 1.29 is 13.7 Å². The van der Waals surface area contributed by atoms with Crippen molar-refractivity contribution in [3.63, 3.8) is 0 Å². The standard InChI is InChI=1S/C24H25FN6O2/c1-2-21-29-24(33-30-21)16-7-8-20(17(25)13-16)31-11-9-15(10-12-31)23(32)26-14-22-27-18-5-3-4-6-19(18)28-22/h3-8,13,15H,2,9-12,14H2,1H3,(H,26,32)(H,27,28). The molecule has 33 heavy (non-hydrogen) atoms. The average Bonchev–Trinajstić information content (AvgIpc) is 3.49. The molecule has 0 aliphatic carbocycles. The number of para-hydroxylation sites is 2. The summed E-state index contributed by atoms with van der Waals surface area (Å²) in [5.74, 6) is 1.22. The molecule has 1 fully saturated rings. The third kappa shape index (κ3) is 4.44. The summed E-state index contributed by atoms with van der Waals surface area (Å²) in [7, 11) is 0. The molecule has 2 aromatic heterocycles. The summed E-state index contributed by atoms with van der Waals surface area (Å²) in [6, 6.07) is 12.7. The number of nitrogens with zero attached hydrogens (tertiary/aromatic N) is 4. The molecule has 9 heteroatoms. The minimum Gasteiger partial charge on any atom is -0.369 e. The number of piperidine rings is 1. The molecule has 170 valence electrons. The van der Waals surface area contributed by atoms with Crippen molar-refractivity contribution in [2.24, 2.45) is 5.92 Å². The summed E-state index contributed by atoms with van der Waals surface area (Å²) < 4.78 is 20.0. The quantitative estimate of drug-likeness (QED) is 0.465. The molecule has 0 saturated carbocycles. The smallest absolute Gasteiger partial charge is 0.258 e. The Morgan fingerprint density at radius 1 is 1.21 bits per heavy atom. The molecule has 1 saturated heterocycles. The first kappa shape index (κ1) is 21.1. The molecule has 0 unspecified atom stereocenters. The van der Waals surface area contributed by atoms with Gasteiger partial charge in [-0.1, -0.05) is 24.2 Å². The molecule has 1 aliphatic rings. The lowest BCUT2D eigenvalue weighted by Gasteiger charge is -2.33. The zero-order valence-electron chi connectivity index (χ0n) is 18.3. The number of benzene rings is 2. The maximum absolute atomic E-state index is 14.8. The maximum atomic E-state index is 14.8. The van der Waals surface area contributed by atoms with Crippen LogP contribution in [0.25, 0.3) is 22.5 Å². The molecule has 4 aromatic rings. The Hall–Kier alpha value is -3.75. The van der Waals surface area contributed by atoms with Crippen LogP contribution in [0, 0.1) is 11.7 Å². The van der Waals surface area contributed by atoms with E-state index in [1.807, 2.05) is 36.1 Å². The van der Waals surface area contributed by atoms with Crippen molar-refractivity contribution in [2.45, 2.75) is 32.7 Å². The van der Waals surface area contributed by atoms with E-state index in [-0.39, 0.29) is 17.6 Å². The molecular formula is C24H25FN6O2. The van der Waals surface area contributed by atoms with E-state index in [2.05, 4.69) is 25.4 Å². The summed E-state index contributed by atoms with van der Waals surface area (Å²) >= 11 is 0. The number of imidazole rings is 1. The van der Waals surface area contributed by atoms with Gasteiger partial charge in [-0.15, -0.1) is 0 Å². The molecule has 5 rings (SSSR count). The summed E-state index contributed by atoms with van der Waals surface area (Å²) in [5, 5.41) is 6.84. The summed E-state index contributed by atoms with van der Waals surface area (Å²) in [6.45, 7) is 3.51. The van der Waals surface area contributed by atoms with Crippen molar-refractivity contribution in [3.05, 3.63) is 59.9 Å². The van der Waals surface area contributed by atoms with Crippen molar-refractivity contribution in [3.8, 4) is 11.5 Å². The lowest BCUT2D eigenvalue weighted by atomic mass is 9.95. The number of carbonyl (C=O) groups is 1. The molecule has 0 bridgehead atoms. The fourth-order valence-corrected chi connectivity index (χ4v) is 4.20. The second-order valence-electron chi connectivity index (χ2n) is 8.22. The highest BCUT2D eigenvalue weighted by molar-refractivity contribution is 5.79. The van der Waals surface area contributed by atoms with Gasteiger partial charge in [-0.25, -0.2) is 9.37 Å². The number of H-pyrrole nitrogens is 1. The third-order valence-corrected chi connectivity index (χ3v) is 6.05. The first-order valence-electron chi connectivity index (χ1n) is 11.2. The first-order chi connectivity index (χ1) is 16.1. The Labute approximate surface area is 190 Å². The van der Waals surface area contributed by atoms with Crippen molar-refractivity contribution in [2.75, 3.05) is 18.0 Å². The van der Waals surface area contributed by atoms with E-state index in [9.17, 15) is 9.18 Å². The van der Waals surface area contributed by atoms with Gasteiger partial charge in [0, 0.05) is 31.0 Å². The van der Waals surface area contributed by atoms with Gasteiger partial charge in [0.05, 0.1) is 23.3 Å². The minimum atomic E-state index is -0.337. The van der Waals surface area contributed by atoms with E-state index in [1.165, 1.54) is 6.07 Å². The Bertz CT molecular complexity index is 1240. The molecular weight excluding hydrogens is 423 g/mol. The number of amides is 1. The van der Waals surface area contributed by atoms with E-state index in [1.54, 1.807) is 12.1 Å². The number of carbonyl (C=O) groups excluding carboxylic acids is 1. The molecule has 2 N–H and O–H groups in total. The Balaban J connectivity index is 1.16. The van der Waals surface area contributed by atoms with Gasteiger partial charge in [0.15, 0.2) is 5.82 Å². The largest absolute Gasteiger partial charge is 0.369 e. The van der Waals surface area contributed by atoms with Gasteiger partial charge < -0.3 is 19.7 Å². The predicted molar refractivity (Wildman–Crippen MR) is 122 cm³/mol. The van der Waals surface area contributed by atoms with Crippen molar-refractivity contribution in [1.82, 2.24) is 25.4 Å². The molecule has 1 amide bonds. The number of aromatic nitrogens is 4. The van der Waals surface area contributed by atoms with Crippen LogP contribution < -0.4 is 10.2 Å². The highest BCUT2D eigenvalue weighted by Gasteiger charge is 2.26. The van der Waals surface area contributed by atoms with Crippen LogP contribution in [0.3, 0.4) is 0 Å². The lowest BCUT2D eigenvalue weighted by Crippen LogP contribution is -2.40. The fourth-order valence-electron chi connectivity index (χ4n) is 4.20. The van der Waals surface area contributed by atoms with Gasteiger partial charge in [-0.3, -0.25) is 4.79 Å². The number of nitrogens with one attached hydrogen (secondary N) is 2. The van der Waals surface area contributed by atoms with E-state index < -0.39 is 0 Å². The molecule has 0 atom stereocenters. The minimum absolute atomic E-state index is 0.00838. The zero-order chi connectivity index (χ0) is 22.8. The number of rotatable bonds is 6. The van der Waals surface area contributed by atoms with E-state index in [0.717, 1.165) is 16.9 Å². The summed E-state index contributed by atoms with van der Waals surface area (Å²) in [4.78, 5) is 26.6. The van der Waals surface area contributed by atoms with Gasteiger partial charge in [0.25, 0.3) is 5.89 Å². The second kappa shape index (κ2) is 9.01. The molecule has 0 spiro atoms. The first-order valence-corrected chi connectivity index (χ1v) is 11.2. The normalized spacial score (nSPS) is 14.7. The number of halogens is 1. The van der Waals surface area contributed by atoms with Gasteiger partial charge in [-0.05, 0) is 43.2 Å². The van der Waals surface area contributed by atoms with Crippen LogP contribution in [0.1, 0.15) is 31.4 Å². The SMILES string of the molecule is CCc1noc(-c2ccc(N3CCC(C(=O)NCc4nc5ccccc5[nH]4)CC3)c(F)c2)n1. The Kier molecular flexibility index (Phi) is 5.77. The fraction of sp³-hybridized carbons (Fsp3) is 0.333. The monoisotopic (exact) mass is 448 g/mol. The van der Waals surface area contributed by atoms with Crippen LogP contribution in [0.5, 0.6) is 0 Å². The van der Waals surface area contributed by atoms with Crippen LogP contribution in [-0.2, 0) is 17.8 Å². The Morgan fingerprint density at radius 2 is 2.03 bits per heavy atom. The summed E-state index contributed by atoms with van der Waals surface area (Å²) in [6.07, 6.45) is 1.98. The number of hydrogen-bond donors (Lipinski definition) is 2. The van der Waals surface area contributed by atoms with Gasteiger partial charge >= 0.3 is 0 Å². The average molecular weight is 449 g/mol. The van der Waals surface area contributed by atoms with Crippen LogP contribution in [0.4, 0.5) is 10.1 Å². The highest BCUT2D eigenvalue weighted by atomic mass is 19.1. The van der Waals surface area contributed by atoms with E-state index >= 15 is 0 Å². The van der Waals surface area contributed by atoms with E-state index in [4.69, 9.17) is 4.52 Å². The number of aromatic amines is 1. The van der Waals surface area contributed by atoms with Crippen LogP contribution in [0.15, 0.2) is 47.0 Å². The lowest BCUT2D eigenvalue weighted by molar-refractivity contribution is -0.125. The molecule has 3 heterocycles. The highest BCUT2D eigenvalue weighted by Crippen LogP contribution is 2.29. The third-order valence-electron chi connectivity index (χ3n) is 6.05. The second-order valence-corrected chi connectivity index (χ2v) is 8.22. The molecule has 2 aromatic carbocycles.